The zero-order chi connectivity index (χ0) is 25.4. The van der Waals surface area contributed by atoms with Gasteiger partial charge in [-0.3, -0.25) is 4.79 Å². The summed E-state index contributed by atoms with van der Waals surface area (Å²) in [5, 5.41) is 12.9. The maximum atomic E-state index is 11.1. The number of thiophene rings is 1. The van der Waals surface area contributed by atoms with Crippen LogP contribution < -0.4 is 4.74 Å². The van der Waals surface area contributed by atoms with Gasteiger partial charge < -0.3 is 9.84 Å². The predicted octanol–water partition coefficient (Wildman–Crippen LogP) is 7.51. The van der Waals surface area contributed by atoms with E-state index in [1.807, 2.05) is 39.0 Å². The van der Waals surface area contributed by atoms with Gasteiger partial charge in [0.05, 0.1) is 12.3 Å². The molecule has 1 N–H and O–H groups in total. The first-order valence-electron chi connectivity index (χ1n) is 11.3. The number of ether oxygens (including phenoxy) is 1. The number of hydrogen-bond acceptors (Lipinski definition) is 5. The van der Waals surface area contributed by atoms with Crippen LogP contribution in [0, 0.1) is 18.8 Å². The van der Waals surface area contributed by atoms with Crippen molar-refractivity contribution in [2.75, 3.05) is 0 Å². The minimum absolute atomic E-state index is 0.0616. The van der Waals surface area contributed by atoms with Crippen LogP contribution in [0.2, 0.25) is 5.15 Å². The molecular formula is C28H27ClN2O3S. The van der Waals surface area contributed by atoms with Crippen LogP contribution in [-0.2, 0) is 11.4 Å². The number of aliphatic carboxylic acids is 1. The van der Waals surface area contributed by atoms with Crippen LogP contribution in [0.5, 0.6) is 5.88 Å². The van der Waals surface area contributed by atoms with Crippen LogP contribution in [-0.4, -0.2) is 21.0 Å². The Morgan fingerprint density at radius 2 is 1.94 bits per heavy atom. The molecule has 0 spiro atoms. The first kappa shape index (κ1) is 26.2. The highest BCUT2D eigenvalue weighted by molar-refractivity contribution is 7.17. The van der Waals surface area contributed by atoms with Gasteiger partial charge in [-0.1, -0.05) is 43.5 Å². The molecule has 0 aliphatic carbocycles. The van der Waals surface area contributed by atoms with Crippen LogP contribution in [0.1, 0.15) is 49.8 Å². The molecular weight excluding hydrogens is 480 g/mol. The molecule has 180 valence electrons. The molecule has 0 aliphatic rings. The summed E-state index contributed by atoms with van der Waals surface area (Å²) >= 11 is 7.82. The lowest BCUT2D eigenvalue weighted by atomic mass is 9.98. The zero-order valence-electron chi connectivity index (χ0n) is 20.1. The highest BCUT2D eigenvalue weighted by Gasteiger charge is 2.14. The lowest BCUT2D eigenvalue weighted by Gasteiger charge is -2.10. The zero-order valence-corrected chi connectivity index (χ0v) is 21.7. The van der Waals surface area contributed by atoms with Gasteiger partial charge in [0.2, 0.25) is 5.88 Å². The summed E-state index contributed by atoms with van der Waals surface area (Å²) in [5.74, 6) is 4.90. The molecule has 0 bridgehead atoms. The van der Waals surface area contributed by atoms with E-state index in [-0.39, 0.29) is 6.42 Å². The topological polar surface area (TPSA) is 72.3 Å². The van der Waals surface area contributed by atoms with Gasteiger partial charge >= 0.3 is 5.97 Å². The van der Waals surface area contributed by atoms with Crippen LogP contribution in [0.4, 0.5) is 0 Å². The Bertz CT molecular complexity index is 1370. The van der Waals surface area contributed by atoms with Gasteiger partial charge in [0.1, 0.15) is 11.8 Å². The van der Waals surface area contributed by atoms with E-state index >= 15 is 0 Å². The maximum Gasteiger partial charge on any atom is 0.304 e. The number of hydrogen-bond donors (Lipinski definition) is 1. The van der Waals surface area contributed by atoms with E-state index in [0.717, 1.165) is 33.2 Å². The number of carboxylic acids is 1. The molecule has 0 amide bonds. The third kappa shape index (κ3) is 6.60. The Labute approximate surface area is 214 Å². The molecule has 0 aliphatic heterocycles. The minimum atomic E-state index is -0.893. The van der Waals surface area contributed by atoms with Crippen LogP contribution in [0.15, 0.2) is 54.2 Å². The molecule has 0 fully saturated rings. The first-order valence-corrected chi connectivity index (χ1v) is 12.6. The average molecular weight is 507 g/mol. The van der Waals surface area contributed by atoms with Crippen LogP contribution in [0.3, 0.4) is 0 Å². The van der Waals surface area contributed by atoms with Crippen molar-refractivity contribution in [3.8, 4) is 28.8 Å². The summed E-state index contributed by atoms with van der Waals surface area (Å²) < 4.78 is 7.08. The molecule has 4 rings (SSSR count). The monoisotopic (exact) mass is 506 g/mol. The second-order valence-corrected chi connectivity index (χ2v) is 8.86. The summed E-state index contributed by atoms with van der Waals surface area (Å²) in [4.78, 5) is 19.6. The molecule has 4 aromatic rings. The fourth-order valence-corrected chi connectivity index (χ4v) is 4.70. The molecule has 0 saturated heterocycles. The van der Waals surface area contributed by atoms with E-state index in [1.54, 1.807) is 36.7 Å². The standard InChI is InChI=1S/C26H21ClN2O3S.C2H6/c1-3-4-18(10-26(30)31)19-6-8-25(29-13-19)32-14-17-5-7-23-21(9-17)22(15-33-23)20-11-24(27)28-12-16(20)2;1-2/h5-9,11-13,15,18H,10,14H2,1-2H3,(H,30,31);1-2H3. The summed E-state index contributed by atoms with van der Waals surface area (Å²) in [6.45, 7) is 8.08. The maximum absolute atomic E-state index is 11.1. The Morgan fingerprint density at radius 3 is 2.63 bits per heavy atom. The fourth-order valence-electron chi connectivity index (χ4n) is 3.60. The average Bonchev–Trinajstić information content (AvgIpc) is 3.28. The minimum Gasteiger partial charge on any atom is -0.481 e. The van der Waals surface area contributed by atoms with E-state index < -0.39 is 11.9 Å². The molecule has 35 heavy (non-hydrogen) atoms. The number of pyridine rings is 2. The Hall–Kier alpha value is -3.40. The number of aromatic nitrogens is 2. The van der Waals surface area contributed by atoms with Crippen molar-refractivity contribution in [3.63, 3.8) is 0 Å². The molecule has 7 heteroatoms. The van der Waals surface area contributed by atoms with Gasteiger partial charge in [-0.05, 0) is 59.7 Å². The number of fused-ring (bicyclic) bond motifs is 1. The van der Waals surface area contributed by atoms with Crippen molar-refractivity contribution in [3.05, 3.63) is 76.0 Å². The van der Waals surface area contributed by atoms with Crippen molar-refractivity contribution in [1.29, 1.82) is 0 Å². The second-order valence-electron chi connectivity index (χ2n) is 7.57. The van der Waals surface area contributed by atoms with Crippen LogP contribution in [0.25, 0.3) is 21.2 Å². The van der Waals surface area contributed by atoms with E-state index in [2.05, 4.69) is 39.3 Å². The number of aryl methyl sites for hydroxylation is 1. The van der Waals surface area contributed by atoms with Crippen molar-refractivity contribution in [2.45, 2.75) is 46.6 Å². The van der Waals surface area contributed by atoms with Crippen molar-refractivity contribution < 1.29 is 14.6 Å². The lowest BCUT2D eigenvalue weighted by Crippen LogP contribution is -2.05. The normalized spacial score (nSPS) is 11.1. The van der Waals surface area contributed by atoms with Crippen molar-refractivity contribution in [1.82, 2.24) is 9.97 Å². The van der Waals surface area contributed by atoms with Gasteiger partial charge in [-0.25, -0.2) is 9.97 Å². The smallest absolute Gasteiger partial charge is 0.304 e. The fraction of sp³-hybridized carbons (Fsp3) is 0.250. The molecule has 1 atom stereocenters. The molecule has 0 radical (unpaired) electrons. The molecule has 1 aromatic carbocycles. The summed E-state index contributed by atoms with van der Waals surface area (Å²) in [6, 6.07) is 11.7. The number of carboxylic acid groups (broad SMARTS) is 1. The third-order valence-electron chi connectivity index (χ3n) is 5.24. The highest BCUT2D eigenvalue weighted by Crippen LogP contribution is 2.37. The number of nitrogens with zero attached hydrogens (tertiary/aromatic N) is 2. The van der Waals surface area contributed by atoms with Crippen molar-refractivity contribution in [2.24, 2.45) is 0 Å². The van der Waals surface area contributed by atoms with Gasteiger partial charge in [0.15, 0.2) is 0 Å². The molecule has 3 aromatic heterocycles. The molecule has 5 nitrogen and oxygen atoms in total. The molecule has 1 unspecified atom stereocenters. The van der Waals surface area contributed by atoms with E-state index in [4.69, 9.17) is 21.4 Å². The van der Waals surface area contributed by atoms with E-state index in [1.165, 1.54) is 4.70 Å². The quantitative estimate of drug-likeness (QED) is 0.207. The van der Waals surface area contributed by atoms with Gasteiger partial charge in [0, 0.05) is 34.1 Å². The third-order valence-corrected chi connectivity index (χ3v) is 6.41. The van der Waals surface area contributed by atoms with Crippen molar-refractivity contribution >= 4 is 39.0 Å². The Balaban J connectivity index is 0.00000167. The lowest BCUT2D eigenvalue weighted by molar-refractivity contribution is -0.137. The second kappa shape index (κ2) is 12.3. The van der Waals surface area contributed by atoms with Gasteiger partial charge in [-0.2, -0.15) is 0 Å². The van der Waals surface area contributed by atoms with E-state index in [0.29, 0.717) is 17.6 Å². The first-order chi connectivity index (χ1) is 16.9. The highest BCUT2D eigenvalue weighted by atomic mass is 35.5. The summed E-state index contributed by atoms with van der Waals surface area (Å²) in [6.07, 6.45) is 3.36. The van der Waals surface area contributed by atoms with Gasteiger partial charge in [-0.15, -0.1) is 17.3 Å². The SMILES string of the molecule is CC.CC#CC(CC(=O)O)c1ccc(OCc2ccc3scc(-c4cc(Cl)ncc4C)c3c2)nc1. The summed E-state index contributed by atoms with van der Waals surface area (Å²) in [7, 11) is 0. The molecule has 0 saturated carbocycles. The predicted molar refractivity (Wildman–Crippen MR) is 143 cm³/mol. The Morgan fingerprint density at radius 1 is 1.14 bits per heavy atom. The van der Waals surface area contributed by atoms with Gasteiger partial charge in [0.25, 0.3) is 0 Å². The number of halogens is 1. The number of rotatable bonds is 7. The Kier molecular flexibility index (Phi) is 9.25. The number of benzene rings is 1. The van der Waals surface area contributed by atoms with E-state index in [9.17, 15) is 4.79 Å². The number of carbonyl (C=O) groups is 1. The largest absolute Gasteiger partial charge is 0.481 e. The molecule has 3 heterocycles. The summed E-state index contributed by atoms with van der Waals surface area (Å²) in [5.41, 5.74) is 5.05. The van der Waals surface area contributed by atoms with Crippen LogP contribution >= 0.6 is 22.9 Å².